The van der Waals surface area contributed by atoms with E-state index in [1.54, 1.807) is 12.4 Å². The standard InChI is InChI=1S/C14H12BrClN4/c1-9-6-18-11(7-17-9)8-20-13-4-10(15)2-3-12(13)19-14(20)5-16/h2-4,6-7H,5,8H2,1H3. The Bertz CT molecular complexity index is 752. The second-order valence-corrected chi connectivity index (χ2v) is 5.71. The second kappa shape index (κ2) is 5.50. The summed E-state index contributed by atoms with van der Waals surface area (Å²) in [5.41, 5.74) is 3.77. The molecule has 4 nitrogen and oxygen atoms in total. The Hall–Kier alpha value is -1.46. The van der Waals surface area contributed by atoms with Gasteiger partial charge in [-0.25, -0.2) is 4.98 Å². The maximum atomic E-state index is 6.00. The lowest BCUT2D eigenvalue weighted by Gasteiger charge is -2.07. The molecular formula is C14H12BrClN4. The maximum absolute atomic E-state index is 6.00. The summed E-state index contributed by atoms with van der Waals surface area (Å²) in [6.45, 7) is 2.53. The van der Waals surface area contributed by atoms with Gasteiger partial charge in [0.25, 0.3) is 0 Å². The molecule has 0 aliphatic heterocycles. The number of hydrogen-bond acceptors (Lipinski definition) is 3. The minimum Gasteiger partial charge on any atom is -0.321 e. The first-order chi connectivity index (χ1) is 9.67. The molecule has 0 saturated heterocycles. The van der Waals surface area contributed by atoms with Gasteiger partial charge in [-0.05, 0) is 25.1 Å². The normalized spacial score (nSPS) is 11.2. The molecule has 0 radical (unpaired) electrons. The van der Waals surface area contributed by atoms with Crippen LogP contribution in [0.4, 0.5) is 0 Å². The van der Waals surface area contributed by atoms with Crippen LogP contribution in [0.15, 0.2) is 35.1 Å². The highest BCUT2D eigenvalue weighted by Crippen LogP contribution is 2.22. The van der Waals surface area contributed by atoms with Crippen molar-refractivity contribution >= 4 is 38.6 Å². The van der Waals surface area contributed by atoms with Crippen LogP contribution in [0, 0.1) is 6.92 Å². The second-order valence-electron chi connectivity index (χ2n) is 4.53. The van der Waals surface area contributed by atoms with Crippen molar-refractivity contribution in [1.29, 1.82) is 0 Å². The molecule has 0 amide bonds. The van der Waals surface area contributed by atoms with Gasteiger partial charge >= 0.3 is 0 Å². The Morgan fingerprint density at radius 2 is 2.10 bits per heavy atom. The van der Waals surface area contributed by atoms with Gasteiger partial charge in [0.05, 0.1) is 41.0 Å². The van der Waals surface area contributed by atoms with Gasteiger partial charge in [0.2, 0.25) is 0 Å². The lowest BCUT2D eigenvalue weighted by molar-refractivity contribution is 0.751. The van der Waals surface area contributed by atoms with Crippen molar-refractivity contribution in [3.05, 3.63) is 52.3 Å². The Morgan fingerprint density at radius 1 is 1.25 bits per heavy atom. The van der Waals surface area contributed by atoms with Crippen molar-refractivity contribution in [1.82, 2.24) is 19.5 Å². The molecule has 1 aromatic carbocycles. The third-order valence-corrected chi connectivity index (χ3v) is 3.80. The molecule has 0 atom stereocenters. The van der Waals surface area contributed by atoms with Gasteiger partial charge in [0.1, 0.15) is 5.82 Å². The molecule has 0 N–H and O–H groups in total. The average molecular weight is 352 g/mol. The van der Waals surface area contributed by atoms with Gasteiger partial charge in [0.15, 0.2) is 0 Å². The zero-order chi connectivity index (χ0) is 14.1. The van der Waals surface area contributed by atoms with Crippen molar-refractivity contribution < 1.29 is 0 Å². The predicted molar refractivity (Wildman–Crippen MR) is 82.9 cm³/mol. The molecule has 0 aliphatic rings. The lowest BCUT2D eigenvalue weighted by Crippen LogP contribution is -2.06. The molecule has 3 rings (SSSR count). The highest BCUT2D eigenvalue weighted by atomic mass is 79.9. The van der Waals surface area contributed by atoms with Crippen molar-refractivity contribution in [3.63, 3.8) is 0 Å². The minimum atomic E-state index is 0.367. The fourth-order valence-electron chi connectivity index (χ4n) is 2.09. The van der Waals surface area contributed by atoms with Gasteiger partial charge in [-0.2, -0.15) is 0 Å². The van der Waals surface area contributed by atoms with Gasteiger partial charge in [0, 0.05) is 10.7 Å². The predicted octanol–water partition coefficient (Wildman–Crippen LogP) is 3.68. The number of imidazole rings is 1. The zero-order valence-electron chi connectivity index (χ0n) is 10.8. The molecule has 2 heterocycles. The van der Waals surface area contributed by atoms with Crippen LogP contribution in [0.25, 0.3) is 11.0 Å². The van der Waals surface area contributed by atoms with Crippen LogP contribution in [-0.4, -0.2) is 19.5 Å². The smallest absolute Gasteiger partial charge is 0.125 e. The number of rotatable bonds is 3. The summed E-state index contributed by atoms with van der Waals surface area (Å²) in [7, 11) is 0. The van der Waals surface area contributed by atoms with E-state index in [1.165, 1.54) is 0 Å². The molecule has 102 valence electrons. The third-order valence-electron chi connectivity index (χ3n) is 3.06. The zero-order valence-corrected chi connectivity index (χ0v) is 13.2. The van der Waals surface area contributed by atoms with Crippen LogP contribution in [0.2, 0.25) is 0 Å². The molecule has 0 unspecified atom stereocenters. The Balaban J connectivity index is 2.08. The number of aryl methyl sites for hydroxylation is 1. The summed E-state index contributed by atoms with van der Waals surface area (Å²) >= 11 is 9.49. The maximum Gasteiger partial charge on any atom is 0.125 e. The Morgan fingerprint density at radius 3 is 2.80 bits per heavy atom. The quantitative estimate of drug-likeness (QED) is 0.676. The summed E-state index contributed by atoms with van der Waals surface area (Å²) in [5, 5.41) is 0. The lowest BCUT2D eigenvalue weighted by atomic mass is 10.3. The topological polar surface area (TPSA) is 43.6 Å². The Kier molecular flexibility index (Phi) is 3.72. The number of hydrogen-bond donors (Lipinski definition) is 0. The van der Waals surface area contributed by atoms with Crippen molar-refractivity contribution in [2.75, 3.05) is 0 Å². The number of benzene rings is 1. The molecule has 0 bridgehead atoms. The van der Waals surface area contributed by atoms with Crippen LogP contribution < -0.4 is 0 Å². The fourth-order valence-corrected chi connectivity index (χ4v) is 2.64. The summed E-state index contributed by atoms with van der Waals surface area (Å²) in [5.74, 6) is 1.20. The molecular weight excluding hydrogens is 340 g/mol. The summed E-state index contributed by atoms with van der Waals surface area (Å²) in [6, 6.07) is 6.00. The summed E-state index contributed by atoms with van der Waals surface area (Å²) in [4.78, 5) is 13.2. The van der Waals surface area contributed by atoms with Gasteiger partial charge < -0.3 is 4.57 Å². The van der Waals surface area contributed by atoms with Gasteiger partial charge in [-0.15, -0.1) is 11.6 Å². The highest BCUT2D eigenvalue weighted by Gasteiger charge is 2.11. The van der Waals surface area contributed by atoms with Crippen LogP contribution in [-0.2, 0) is 12.4 Å². The molecule has 3 aromatic rings. The van der Waals surface area contributed by atoms with E-state index in [9.17, 15) is 0 Å². The van der Waals surface area contributed by atoms with E-state index < -0.39 is 0 Å². The van der Waals surface area contributed by atoms with Crippen LogP contribution >= 0.6 is 27.5 Å². The van der Waals surface area contributed by atoms with E-state index in [4.69, 9.17) is 11.6 Å². The first kappa shape index (κ1) is 13.5. The molecule has 0 aliphatic carbocycles. The average Bonchev–Trinajstić information content (AvgIpc) is 2.79. The number of halogens is 2. The van der Waals surface area contributed by atoms with E-state index in [0.717, 1.165) is 32.7 Å². The van der Waals surface area contributed by atoms with Crippen molar-refractivity contribution in [3.8, 4) is 0 Å². The van der Waals surface area contributed by atoms with E-state index in [0.29, 0.717) is 12.4 Å². The van der Waals surface area contributed by atoms with Crippen molar-refractivity contribution in [2.24, 2.45) is 0 Å². The SMILES string of the molecule is Cc1cnc(Cn2c(CCl)nc3ccc(Br)cc32)cn1. The summed E-state index contributed by atoms with van der Waals surface area (Å²) in [6.07, 6.45) is 3.56. The van der Waals surface area contributed by atoms with Crippen LogP contribution in [0.5, 0.6) is 0 Å². The molecule has 20 heavy (non-hydrogen) atoms. The highest BCUT2D eigenvalue weighted by molar-refractivity contribution is 9.10. The fraction of sp³-hybridized carbons (Fsp3) is 0.214. The first-order valence-corrected chi connectivity index (χ1v) is 7.48. The number of nitrogens with zero attached hydrogens (tertiary/aromatic N) is 4. The molecule has 0 saturated carbocycles. The minimum absolute atomic E-state index is 0.367. The van der Waals surface area contributed by atoms with Gasteiger partial charge in [-0.3, -0.25) is 9.97 Å². The van der Waals surface area contributed by atoms with E-state index in [-0.39, 0.29) is 0 Å². The Labute approximate surface area is 130 Å². The summed E-state index contributed by atoms with van der Waals surface area (Å²) < 4.78 is 3.09. The molecule has 0 fully saturated rings. The molecule has 0 spiro atoms. The number of alkyl halides is 1. The van der Waals surface area contributed by atoms with E-state index >= 15 is 0 Å². The number of aromatic nitrogens is 4. The third kappa shape index (κ3) is 2.55. The van der Waals surface area contributed by atoms with Crippen LogP contribution in [0.1, 0.15) is 17.2 Å². The van der Waals surface area contributed by atoms with Gasteiger partial charge in [-0.1, -0.05) is 15.9 Å². The van der Waals surface area contributed by atoms with Crippen molar-refractivity contribution in [2.45, 2.75) is 19.3 Å². The van der Waals surface area contributed by atoms with E-state index in [2.05, 4.69) is 35.4 Å². The molecule has 6 heteroatoms. The molecule has 2 aromatic heterocycles. The monoisotopic (exact) mass is 350 g/mol. The van der Waals surface area contributed by atoms with Crippen LogP contribution in [0.3, 0.4) is 0 Å². The number of fused-ring (bicyclic) bond motifs is 1. The largest absolute Gasteiger partial charge is 0.321 e. The first-order valence-electron chi connectivity index (χ1n) is 6.15. The van der Waals surface area contributed by atoms with E-state index in [1.807, 2.05) is 25.1 Å².